The summed E-state index contributed by atoms with van der Waals surface area (Å²) >= 11 is 0. The molecule has 1 unspecified atom stereocenters. The number of hydrogen-bond acceptors (Lipinski definition) is 5. The first-order chi connectivity index (χ1) is 20.4. The van der Waals surface area contributed by atoms with Gasteiger partial charge in [-0.1, -0.05) is 54.6 Å². The number of alkyl halides is 4. The zero-order chi connectivity index (χ0) is 30.5. The van der Waals surface area contributed by atoms with Crippen LogP contribution in [0, 0.1) is 23.2 Å². The van der Waals surface area contributed by atoms with Crippen LogP contribution in [0.15, 0.2) is 106 Å². The molecule has 43 heavy (non-hydrogen) atoms. The largest absolute Gasteiger partial charge is 0.462 e. The van der Waals surface area contributed by atoms with E-state index in [0.29, 0.717) is 37.0 Å². The highest BCUT2D eigenvalue weighted by Crippen LogP contribution is 2.71. The van der Waals surface area contributed by atoms with Gasteiger partial charge >= 0.3 is 27.3 Å². The Morgan fingerprint density at radius 3 is 1.42 bits per heavy atom. The van der Waals surface area contributed by atoms with Gasteiger partial charge in [0.25, 0.3) is 0 Å². The van der Waals surface area contributed by atoms with Gasteiger partial charge in [-0.05, 0) is 103 Å². The summed E-state index contributed by atoms with van der Waals surface area (Å²) in [6.45, 7) is -0.458. The summed E-state index contributed by atoms with van der Waals surface area (Å²) in [5.41, 5.74) is -0.561. The molecule has 4 aliphatic carbocycles. The number of carbonyl (C=O) groups is 1. The monoisotopic (exact) mass is 636 g/mol. The fourth-order valence-corrected chi connectivity index (χ4v) is 13.1. The minimum atomic E-state index is -6.39. The van der Waals surface area contributed by atoms with Crippen molar-refractivity contribution in [2.45, 2.75) is 64.4 Å². The summed E-state index contributed by atoms with van der Waals surface area (Å²) < 4.78 is 98.4. The number of hydrogen-bond donors (Lipinski definition) is 0. The lowest BCUT2D eigenvalue weighted by Gasteiger charge is -2.56. The molecular formula is C32H32F4O5S2. The smallest absolute Gasteiger partial charge is 0.451 e. The van der Waals surface area contributed by atoms with E-state index in [1.54, 1.807) is 54.6 Å². The Labute approximate surface area is 250 Å². The molecule has 3 aromatic rings. The molecule has 0 radical (unpaired) electrons. The molecule has 230 valence electrons. The predicted molar refractivity (Wildman–Crippen MR) is 153 cm³/mol. The second kappa shape index (κ2) is 10.9. The van der Waals surface area contributed by atoms with Crippen LogP contribution in [0.5, 0.6) is 0 Å². The van der Waals surface area contributed by atoms with Crippen LogP contribution in [0.25, 0.3) is 0 Å². The van der Waals surface area contributed by atoms with Crippen LogP contribution in [0.4, 0.5) is 17.6 Å². The van der Waals surface area contributed by atoms with Crippen LogP contribution >= 0.6 is 10.3 Å². The number of esters is 1. The van der Waals surface area contributed by atoms with Gasteiger partial charge in [-0.25, -0.2) is 12.8 Å². The highest BCUT2D eigenvalue weighted by molar-refractivity contribution is 8.33. The number of carbonyl (C=O) groups excluding carboxylic acids is 1. The van der Waals surface area contributed by atoms with E-state index in [9.17, 15) is 26.4 Å². The number of benzene rings is 3. The molecule has 7 rings (SSSR count). The molecule has 0 amide bonds. The third kappa shape index (κ3) is 5.17. The van der Waals surface area contributed by atoms with Crippen molar-refractivity contribution in [3.8, 4) is 0 Å². The molecule has 4 bridgehead atoms. The van der Waals surface area contributed by atoms with Crippen LogP contribution in [0.1, 0.15) is 38.5 Å². The molecule has 0 spiro atoms. The minimum Gasteiger partial charge on any atom is -0.462 e. The Balaban J connectivity index is 1.41. The van der Waals surface area contributed by atoms with Crippen LogP contribution in [-0.2, 0) is 23.3 Å². The lowest BCUT2D eigenvalue weighted by molar-refractivity contribution is -0.218. The van der Waals surface area contributed by atoms with Crippen molar-refractivity contribution in [1.29, 1.82) is 0 Å². The Bertz CT molecular complexity index is 1430. The molecule has 11 heteroatoms. The van der Waals surface area contributed by atoms with E-state index in [1.807, 2.05) is 0 Å². The van der Waals surface area contributed by atoms with Gasteiger partial charge in [0.1, 0.15) is 0 Å². The first-order valence-electron chi connectivity index (χ1n) is 14.3. The Hall–Kier alpha value is -2.89. The second-order valence-corrected chi connectivity index (χ2v) is 16.6. The molecule has 0 aromatic heterocycles. The van der Waals surface area contributed by atoms with Crippen molar-refractivity contribution in [1.82, 2.24) is 0 Å². The molecule has 0 saturated heterocycles. The fourth-order valence-electron chi connectivity index (χ4n) is 7.68. The average molecular weight is 637 g/mol. The van der Waals surface area contributed by atoms with Gasteiger partial charge < -0.3 is 4.74 Å². The summed E-state index contributed by atoms with van der Waals surface area (Å²) in [4.78, 5) is 13.8. The Morgan fingerprint density at radius 1 is 0.698 bits per heavy atom. The van der Waals surface area contributed by atoms with E-state index < -0.39 is 49.6 Å². The lowest BCUT2D eigenvalue weighted by Crippen LogP contribution is -2.57. The zero-order valence-corrected chi connectivity index (χ0v) is 24.8. The van der Waals surface area contributed by atoms with E-state index in [-0.39, 0.29) is 14.7 Å². The highest BCUT2D eigenvalue weighted by atomic mass is 32.3. The average Bonchev–Trinajstić information content (AvgIpc) is 2.98. The number of halogens is 4. The van der Waals surface area contributed by atoms with Crippen molar-refractivity contribution in [3.63, 3.8) is 0 Å². The van der Waals surface area contributed by atoms with E-state index in [1.165, 1.54) is 36.4 Å². The van der Waals surface area contributed by atoms with E-state index in [0.717, 1.165) is 19.3 Å². The van der Waals surface area contributed by atoms with Crippen molar-refractivity contribution in [2.24, 2.45) is 23.2 Å². The predicted octanol–water partition coefficient (Wildman–Crippen LogP) is 8.22. The summed E-state index contributed by atoms with van der Waals surface area (Å²) in [6, 6.07) is 23.4. The first-order valence-corrected chi connectivity index (χ1v) is 17.2. The molecule has 1 atom stereocenters. The molecule has 3 aromatic carbocycles. The molecular weight excluding hydrogens is 604 g/mol. The van der Waals surface area contributed by atoms with Gasteiger partial charge in [0.15, 0.2) is 0 Å². The van der Waals surface area contributed by atoms with Gasteiger partial charge in [0, 0.05) is 20.1 Å². The van der Waals surface area contributed by atoms with Crippen LogP contribution < -0.4 is 0 Å². The first kappa shape index (κ1) is 30.1. The molecule has 4 saturated carbocycles. The Kier molecular flexibility index (Phi) is 7.66. The van der Waals surface area contributed by atoms with Crippen molar-refractivity contribution < 1.29 is 39.1 Å². The zero-order valence-electron chi connectivity index (χ0n) is 23.2. The molecule has 0 heterocycles. The SMILES string of the molecule is O=C(OCC12CC3CC(CC(C3)C1)C2)C(F)(C(F)(F)F)S(=O)(=O)OS(c1ccccc1)(c1ccccc1)c1ccccc1. The summed E-state index contributed by atoms with van der Waals surface area (Å²) in [6.07, 6.45) is -1.06. The maximum absolute atomic E-state index is 16.4. The molecule has 5 nitrogen and oxygen atoms in total. The van der Waals surface area contributed by atoms with Crippen molar-refractivity contribution in [3.05, 3.63) is 91.0 Å². The van der Waals surface area contributed by atoms with Crippen molar-refractivity contribution >= 4 is 26.4 Å². The molecule has 4 aliphatic rings. The van der Waals surface area contributed by atoms with Gasteiger partial charge in [-0.2, -0.15) is 21.6 Å². The maximum Gasteiger partial charge on any atom is 0.451 e. The third-order valence-electron chi connectivity index (χ3n) is 9.06. The molecule has 0 aliphatic heterocycles. The minimum absolute atomic E-state index is 0.197. The molecule has 0 N–H and O–H groups in total. The summed E-state index contributed by atoms with van der Waals surface area (Å²) in [5.74, 6) is -1.34. The van der Waals surface area contributed by atoms with Gasteiger partial charge in [0.2, 0.25) is 0 Å². The van der Waals surface area contributed by atoms with E-state index >= 15 is 4.39 Å². The second-order valence-electron chi connectivity index (χ2n) is 12.1. The highest BCUT2D eigenvalue weighted by Gasteiger charge is 2.75. The van der Waals surface area contributed by atoms with Gasteiger partial charge in [-0.15, -0.1) is 0 Å². The van der Waals surface area contributed by atoms with Crippen LogP contribution in [0.3, 0.4) is 0 Å². The summed E-state index contributed by atoms with van der Waals surface area (Å²) in [5, 5.41) is -5.46. The number of rotatable bonds is 9. The standard InChI is InChI=1S/C32H32F4O5S2/c33-31(32(34,35)36,29(37)40-22-30-19-23-16-24(20-30)18-25(17-23)21-30)43(38,39)41-42(26-10-4-1-5-11-26,27-12-6-2-7-13-27)28-14-8-3-9-15-28/h1-15,23-25H,16-22H2. The van der Waals surface area contributed by atoms with Crippen LogP contribution in [-0.4, -0.2) is 32.2 Å². The van der Waals surface area contributed by atoms with Gasteiger partial charge in [-0.3, -0.25) is 0 Å². The quantitative estimate of drug-likeness (QED) is 0.175. The normalized spacial score (nSPS) is 26.9. The van der Waals surface area contributed by atoms with Gasteiger partial charge in [0.05, 0.1) is 6.61 Å². The fraction of sp³-hybridized carbons (Fsp3) is 0.406. The lowest BCUT2D eigenvalue weighted by atomic mass is 9.50. The van der Waals surface area contributed by atoms with E-state index in [2.05, 4.69) is 0 Å². The van der Waals surface area contributed by atoms with E-state index in [4.69, 9.17) is 8.37 Å². The third-order valence-corrected chi connectivity index (χ3v) is 14.5. The van der Waals surface area contributed by atoms with Crippen molar-refractivity contribution in [2.75, 3.05) is 6.61 Å². The maximum atomic E-state index is 16.4. The molecule has 4 fully saturated rings. The summed E-state index contributed by atoms with van der Waals surface area (Å²) in [7, 11) is -9.94. The topological polar surface area (TPSA) is 69.7 Å². The van der Waals surface area contributed by atoms with Crippen LogP contribution in [0.2, 0.25) is 0 Å². The Morgan fingerprint density at radius 2 is 1.07 bits per heavy atom. The number of ether oxygens (including phenoxy) is 1.